The third-order valence-corrected chi connectivity index (χ3v) is 8.38. The molecule has 1 aromatic heterocycles. The average molecular weight is 509 g/mol. The molecule has 0 amide bonds. The second-order valence-electron chi connectivity index (χ2n) is 8.68. The summed E-state index contributed by atoms with van der Waals surface area (Å²) in [6.07, 6.45) is 2.58. The average Bonchev–Trinajstić information content (AvgIpc) is 3.24. The maximum Gasteiger partial charge on any atom is 0.323 e. The molecule has 3 aromatic rings. The number of nitrogens with zero attached hydrogens (tertiary/aromatic N) is 3. The van der Waals surface area contributed by atoms with Crippen LogP contribution in [0.5, 0.6) is 0 Å². The van der Waals surface area contributed by atoms with Crippen molar-refractivity contribution in [1.82, 2.24) is 13.5 Å². The topological polar surface area (TPSA) is 96.7 Å². The van der Waals surface area contributed by atoms with E-state index >= 15 is 0 Å². The number of nitrogens with one attached hydrogen (secondary N) is 1. The van der Waals surface area contributed by atoms with Gasteiger partial charge in [0.15, 0.2) is 0 Å². The van der Waals surface area contributed by atoms with Gasteiger partial charge in [-0.1, -0.05) is 17.7 Å². The Bertz CT molecular complexity index is 1300. The molecule has 0 radical (unpaired) electrons. The summed E-state index contributed by atoms with van der Waals surface area (Å²) in [5.41, 5.74) is 2.16. The van der Waals surface area contributed by atoms with E-state index < -0.39 is 22.1 Å². The normalized spacial score (nSPS) is 20.6. The Hall–Kier alpha value is -2.24. The lowest BCUT2D eigenvalue weighted by molar-refractivity contribution is 0.0130. The highest BCUT2D eigenvalue weighted by Crippen LogP contribution is 2.38. The molecule has 0 saturated carbocycles. The number of halogens is 2. The van der Waals surface area contributed by atoms with E-state index in [9.17, 15) is 17.9 Å². The number of fused-ring (bicyclic) bond motifs is 1. The molecule has 34 heavy (non-hydrogen) atoms. The number of ether oxygens (including phenoxy) is 1. The van der Waals surface area contributed by atoms with Gasteiger partial charge in [-0.3, -0.25) is 0 Å². The molecule has 2 saturated heterocycles. The van der Waals surface area contributed by atoms with Crippen LogP contribution in [0, 0.1) is 5.82 Å². The van der Waals surface area contributed by atoms with E-state index in [1.807, 2.05) is 6.07 Å². The smallest absolute Gasteiger partial charge is 0.323 e. The summed E-state index contributed by atoms with van der Waals surface area (Å²) in [7, 11) is -3.96. The van der Waals surface area contributed by atoms with Crippen LogP contribution in [0.15, 0.2) is 36.4 Å². The molecule has 1 atom stereocenters. The number of piperidine rings is 1. The van der Waals surface area contributed by atoms with Crippen LogP contribution in [-0.2, 0) is 14.9 Å². The van der Waals surface area contributed by atoms with E-state index in [0.717, 1.165) is 23.3 Å². The number of hydrogen-bond acceptors (Lipinski definition) is 6. The van der Waals surface area contributed by atoms with Gasteiger partial charge in [-0.15, -0.1) is 4.09 Å². The summed E-state index contributed by atoms with van der Waals surface area (Å²) in [4.78, 5) is 0. The number of hydrogen-bond donors (Lipinski definition) is 2. The van der Waals surface area contributed by atoms with Gasteiger partial charge < -0.3 is 15.2 Å². The van der Waals surface area contributed by atoms with E-state index in [2.05, 4.69) is 10.4 Å². The second-order valence-corrected chi connectivity index (χ2v) is 10.8. The number of aliphatic hydroxyl groups is 1. The van der Waals surface area contributed by atoms with Crippen molar-refractivity contribution in [3.63, 3.8) is 0 Å². The Labute approximate surface area is 202 Å². The van der Waals surface area contributed by atoms with Gasteiger partial charge in [0.2, 0.25) is 0 Å². The van der Waals surface area contributed by atoms with Gasteiger partial charge in [-0.05, 0) is 62.4 Å². The minimum atomic E-state index is -3.96. The van der Waals surface area contributed by atoms with Crippen molar-refractivity contribution >= 4 is 44.1 Å². The number of anilines is 2. The molecule has 1 unspecified atom stereocenters. The zero-order valence-electron chi connectivity index (χ0n) is 18.5. The van der Waals surface area contributed by atoms with Crippen molar-refractivity contribution in [1.29, 1.82) is 0 Å². The first-order valence-corrected chi connectivity index (χ1v) is 13.2. The fourth-order valence-corrected chi connectivity index (χ4v) is 6.21. The Balaban J connectivity index is 1.63. The van der Waals surface area contributed by atoms with Gasteiger partial charge in [0.1, 0.15) is 17.6 Å². The first kappa shape index (κ1) is 23.5. The lowest BCUT2D eigenvalue weighted by Gasteiger charge is -2.28. The van der Waals surface area contributed by atoms with Crippen molar-refractivity contribution in [2.75, 3.05) is 25.0 Å². The summed E-state index contributed by atoms with van der Waals surface area (Å²) in [5, 5.41) is 18.3. The fourth-order valence-electron chi connectivity index (χ4n) is 4.54. The van der Waals surface area contributed by atoms with E-state index in [0.29, 0.717) is 47.4 Å². The van der Waals surface area contributed by atoms with Crippen LogP contribution in [0.3, 0.4) is 0 Å². The molecule has 3 heterocycles. The third-order valence-electron chi connectivity index (χ3n) is 6.35. The van der Waals surface area contributed by atoms with Gasteiger partial charge in [0.05, 0.1) is 22.0 Å². The monoisotopic (exact) mass is 508 g/mol. The minimum Gasteiger partial charge on any atom is -0.393 e. The lowest BCUT2D eigenvalue weighted by Crippen LogP contribution is -2.43. The highest BCUT2D eigenvalue weighted by molar-refractivity contribution is 7.87. The molecule has 2 fully saturated rings. The Kier molecular flexibility index (Phi) is 6.51. The third kappa shape index (κ3) is 4.40. The predicted molar refractivity (Wildman–Crippen MR) is 128 cm³/mol. The highest BCUT2D eigenvalue weighted by atomic mass is 35.5. The molecule has 0 aliphatic carbocycles. The standard InChI is InChI=1S/C23H26ClFN4O4S/c24-17-14-15(7-8-18(17)25)26-19-4-3-5-20-22(19)23(21-6-1-2-13-33-21)27-29(20)34(31,32)28-11-9-16(30)10-12-28/h3-5,7-8,14,16,21,26,30H,1-2,6,9-13H2. The zero-order chi connectivity index (χ0) is 23.9. The molecule has 0 spiro atoms. The largest absolute Gasteiger partial charge is 0.393 e. The molecule has 5 rings (SSSR count). The SMILES string of the molecule is O=S(=O)(N1CCC(O)CC1)n1nc(C2CCCCO2)c2c(Nc3ccc(F)c(Cl)c3)cccc21. The Morgan fingerprint density at radius 2 is 1.94 bits per heavy atom. The predicted octanol–water partition coefficient (Wildman–Crippen LogP) is 4.36. The van der Waals surface area contributed by atoms with Crippen molar-refractivity contribution in [2.24, 2.45) is 0 Å². The number of rotatable bonds is 5. The Morgan fingerprint density at radius 1 is 1.15 bits per heavy atom. The highest BCUT2D eigenvalue weighted by Gasteiger charge is 2.33. The van der Waals surface area contributed by atoms with Crippen LogP contribution < -0.4 is 5.32 Å². The molecule has 0 bridgehead atoms. The maximum atomic E-state index is 13.7. The molecule has 2 aliphatic rings. The molecular weight excluding hydrogens is 483 g/mol. The molecule has 2 aliphatic heterocycles. The molecule has 2 N–H and O–H groups in total. The summed E-state index contributed by atoms with van der Waals surface area (Å²) in [5.74, 6) is -0.521. The van der Waals surface area contributed by atoms with Crippen LogP contribution in [0.1, 0.15) is 43.9 Å². The van der Waals surface area contributed by atoms with Crippen LogP contribution in [0.25, 0.3) is 10.9 Å². The van der Waals surface area contributed by atoms with Crippen LogP contribution in [0.4, 0.5) is 15.8 Å². The van der Waals surface area contributed by atoms with E-state index in [1.165, 1.54) is 16.4 Å². The number of aromatic nitrogens is 2. The van der Waals surface area contributed by atoms with E-state index in [4.69, 9.17) is 16.3 Å². The van der Waals surface area contributed by atoms with Gasteiger partial charge in [-0.2, -0.15) is 17.8 Å². The van der Waals surface area contributed by atoms with Gasteiger partial charge in [0, 0.05) is 31.1 Å². The van der Waals surface area contributed by atoms with Crippen molar-refractivity contribution in [3.05, 3.63) is 52.9 Å². The zero-order valence-corrected chi connectivity index (χ0v) is 20.0. The number of benzene rings is 2. The molecule has 8 nitrogen and oxygen atoms in total. The maximum absolute atomic E-state index is 13.7. The van der Waals surface area contributed by atoms with E-state index in [1.54, 1.807) is 18.2 Å². The summed E-state index contributed by atoms with van der Waals surface area (Å²) in [6.45, 7) is 1.04. The summed E-state index contributed by atoms with van der Waals surface area (Å²) < 4.78 is 49.2. The van der Waals surface area contributed by atoms with Crippen LogP contribution in [-0.4, -0.2) is 52.8 Å². The first-order chi connectivity index (χ1) is 16.3. The molecule has 2 aromatic carbocycles. The van der Waals surface area contributed by atoms with Gasteiger partial charge in [0.25, 0.3) is 0 Å². The fraction of sp³-hybridized carbons (Fsp3) is 0.435. The van der Waals surface area contributed by atoms with Crippen molar-refractivity contribution in [2.45, 2.75) is 44.3 Å². The molecule has 182 valence electrons. The first-order valence-electron chi connectivity index (χ1n) is 11.4. The lowest BCUT2D eigenvalue weighted by atomic mass is 10.0. The van der Waals surface area contributed by atoms with E-state index in [-0.39, 0.29) is 24.2 Å². The Morgan fingerprint density at radius 3 is 2.65 bits per heavy atom. The van der Waals surface area contributed by atoms with Crippen LogP contribution >= 0.6 is 11.6 Å². The van der Waals surface area contributed by atoms with Crippen molar-refractivity contribution < 1.29 is 22.7 Å². The quantitative estimate of drug-likeness (QED) is 0.531. The summed E-state index contributed by atoms with van der Waals surface area (Å²) in [6, 6.07) is 9.60. The second kappa shape index (κ2) is 9.43. The minimum absolute atomic E-state index is 0.0152. The molecular formula is C23H26ClFN4O4S. The van der Waals surface area contributed by atoms with Gasteiger partial charge >= 0.3 is 10.2 Å². The molecule has 11 heteroatoms. The number of aliphatic hydroxyl groups excluding tert-OH is 1. The van der Waals surface area contributed by atoms with Gasteiger partial charge in [-0.25, -0.2) is 4.39 Å². The van der Waals surface area contributed by atoms with Crippen LogP contribution in [0.2, 0.25) is 5.02 Å². The van der Waals surface area contributed by atoms with Crippen molar-refractivity contribution in [3.8, 4) is 0 Å². The summed E-state index contributed by atoms with van der Waals surface area (Å²) >= 11 is 5.96.